The van der Waals surface area contributed by atoms with Gasteiger partial charge in [0, 0.05) is 13.8 Å². The second kappa shape index (κ2) is 15.9. The maximum absolute atomic E-state index is 11.8. The van der Waals surface area contributed by atoms with Gasteiger partial charge in [0.05, 0.1) is 26.4 Å². The van der Waals surface area contributed by atoms with Crippen LogP contribution in [0.15, 0.2) is 12.7 Å². The molecule has 3 heterocycles. The number of carbonyl (C=O) groups excluding carboxylic acids is 2. The third-order valence-electron chi connectivity index (χ3n) is 7.24. The topological polar surface area (TPSA) is 275 Å². The molecule has 3 aliphatic rings. The number of aliphatic hydroxyl groups is 8. The van der Waals surface area contributed by atoms with Gasteiger partial charge in [-0.15, -0.1) is 6.58 Å². The second-order valence-corrected chi connectivity index (χ2v) is 10.4. The molecule has 0 aromatic heterocycles. The van der Waals surface area contributed by atoms with Crippen molar-refractivity contribution in [2.45, 2.75) is 106 Å². The molecule has 0 unspecified atom stereocenters. The van der Waals surface area contributed by atoms with Crippen molar-refractivity contribution in [2.24, 2.45) is 0 Å². The molecule has 18 heteroatoms. The van der Waals surface area contributed by atoms with Crippen LogP contribution < -0.4 is 10.6 Å². The highest BCUT2D eigenvalue weighted by atomic mass is 16.7. The third kappa shape index (κ3) is 8.44. The van der Waals surface area contributed by atoms with Gasteiger partial charge in [0.1, 0.15) is 73.1 Å². The van der Waals surface area contributed by atoms with E-state index in [4.69, 9.17) is 28.4 Å². The van der Waals surface area contributed by atoms with E-state index in [1.54, 1.807) is 0 Å². The summed E-state index contributed by atoms with van der Waals surface area (Å²) in [7, 11) is 0. The number of aliphatic hydroxyl groups excluding tert-OH is 8. The first-order valence-corrected chi connectivity index (χ1v) is 13.6. The monoisotopic (exact) mass is 626 g/mol. The summed E-state index contributed by atoms with van der Waals surface area (Å²) in [4.78, 5) is 23.5. The van der Waals surface area contributed by atoms with Gasteiger partial charge in [-0.2, -0.15) is 0 Å². The maximum atomic E-state index is 11.8. The van der Waals surface area contributed by atoms with Gasteiger partial charge in [-0.3, -0.25) is 9.59 Å². The first-order chi connectivity index (χ1) is 20.3. The quantitative estimate of drug-likeness (QED) is 0.0903. The van der Waals surface area contributed by atoms with E-state index in [1.807, 2.05) is 0 Å². The van der Waals surface area contributed by atoms with Crippen LogP contribution in [-0.2, 0) is 38.0 Å². The number of rotatable bonds is 12. The molecule has 43 heavy (non-hydrogen) atoms. The predicted molar refractivity (Wildman–Crippen MR) is 138 cm³/mol. The zero-order valence-electron chi connectivity index (χ0n) is 23.6. The van der Waals surface area contributed by atoms with Crippen LogP contribution in [0.3, 0.4) is 0 Å². The van der Waals surface area contributed by atoms with Gasteiger partial charge in [-0.25, -0.2) is 0 Å². The van der Waals surface area contributed by atoms with E-state index in [9.17, 15) is 50.4 Å². The Morgan fingerprint density at radius 1 is 0.698 bits per heavy atom. The van der Waals surface area contributed by atoms with Crippen LogP contribution in [0.25, 0.3) is 0 Å². The van der Waals surface area contributed by atoms with E-state index in [2.05, 4.69) is 17.2 Å². The summed E-state index contributed by atoms with van der Waals surface area (Å²) in [6.07, 6.45) is -18.7. The number of ether oxygens (including phenoxy) is 6. The van der Waals surface area contributed by atoms with Crippen molar-refractivity contribution in [3.05, 3.63) is 12.7 Å². The lowest BCUT2D eigenvalue weighted by atomic mass is 9.95. The number of hydrogen-bond donors (Lipinski definition) is 10. The van der Waals surface area contributed by atoms with Crippen LogP contribution in [-0.4, -0.2) is 171 Å². The first-order valence-electron chi connectivity index (χ1n) is 13.6. The molecular formula is C25H42N2O16. The molecule has 2 amide bonds. The summed E-state index contributed by atoms with van der Waals surface area (Å²) in [5, 5.41) is 87.8. The molecule has 15 atom stereocenters. The minimum Gasteiger partial charge on any atom is -0.394 e. The fourth-order valence-electron chi connectivity index (χ4n) is 5.05. The molecule has 0 bridgehead atoms. The lowest BCUT2D eigenvalue weighted by Gasteiger charge is -2.47. The first kappa shape index (κ1) is 35.6. The third-order valence-corrected chi connectivity index (χ3v) is 7.24. The summed E-state index contributed by atoms with van der Waals surface area (Å²) in [6.45, 7) is 3.85. The number of amides is 2. The Morgan fingerprint density at radius 3 is 1.77 bits per heavy atom. The zero-order valence-corrected chi connectivity index (χ0v) is 23.6. The molecule has 18 nitrogen and oxygen atoms in total. The number of hydrogen-bond acceptors (Lipinski definition) is 16. The van der Waals surface area contributed by atoms with Gasteiger partial charge >= 0.3 is 0 Å². The van der Waals surface area contributed by atoms with Gasteiger partial charge in [0.25, 0.3) is 0 Å². The minimum absolute atomic E-state index is 0.0180. The molecule has 0 saturated carbocycles. The molecular weight excluding hydrogens is 584 g/mol. The normalized spacial score (nSPS) is 43.5. The van der Waals surface area contributed by atoms with Crippen molar-refractivity contribution in [3.8, 4) is 0 Å². The molecule has 0 spiro atoms. The average Bonchev–Trinajstić information content (AvgIpc) is 2.96. The van der Waals surface area contributed by atoms with Gasteiger partial charge < -0.3 is 79.9 Å². The Morgan fingerprint density at radius 2 is 1.21 bits per heavy atom. The Bertz CT molecular complexity index is 930. The molecule has 3 fully saturated rings. The van der Waals surface area contributed by atoms with Gasteiger partial charge in [-0.05, 0) is 0 Å². The fourth-order valence-corrected chi connectivity index (χ4v) is 5.05. The average molecular weight is 627 g/mol. The summed E-state index contributed by atoms with van der Waals surface area (Å²) in [6, 6.07) is -2.50. The van der Waals surface area contributed by atoms with Gasteiger partial charge in [0.15, 0.2) is 18.9 Å². The van der Waals surface area contributed by atoms with E-state index in [1.165, 1.54) is 13.0 Å². The highest BCUT2D eigenvalue weighted by Crippen LogP contribution is 2.30. The van der Waals surface area contributed by atoms with Crippen molar-refractivity contribution < 1.29 is 78.9 Å². The van der Waals surface area contributed by atoms with E-state index < -0.39 is 124 Å². The van der Waals surface area contributed by atoms with Crippen LogP contribution in [0.4, 0.5) is 0 Å². The Kier molecular flexibility index (Phi) is 13.2. The minimum atomic E-state index is -1.87. The van der Waals surface area contributed by atoms with E-state index >= 15 is 0 Å². The van der Waals surface area contributed by atoms with E-state index in [0.29, 0.717) is 0 Å². The van der Waals surface area contributed by atoms with Crippen LogP contribution in [0.5, 0.6) is 0 Å². The summed E-state index contributed by atoms with van der Waals surface area (Å²) < 4.78 is 33.6. The van der Waals surface area contributed by atoms with Crippen molar-refractivity contribution in [2.75, 3.05) is 26.4 Å². The molecule has 10 N–H and O–H groups in total. The van der Waals surface area contributed by atoms with Crippen molar-refractivity contribution in [1.82, 2.24) is 10.6 Å². The standard InChI is InChI=1S/C25H42N2O16/c1-4-5-38-23-15(27-10(3)31)19(35)22(12(7-29)41-23)43-25-21(37)20(36)17(33)13(42-25)8-39-24-14(26-9(2)30)18(34)16(32)11(6-28)40-24/h4,11-25,28-29,32-37H,1,5-8H2,2-3H3,(H,26,30)(H,27,31)/t11-,12-,13-,14-,15-,16+,17+,18-,19-,20+,21-,22-,23+,24-,25+/m1/s1. The van der Waals surface area contributed by atoms with Crippen LogP contribution in [0, 0.1) is 0 Å². The lowest BCUT2D eigenvalue weighted by molar-refractivity contribution is -0.353. The van der Waals surface area contributed by atoms with E-state index in [0.717, 1.165) is 6.92 Å². The molecule has 3 rings (SSSR count). The largest absolute Gasteiger partial charge is 0.394 e. The SMILES string of the molecule is C=CCO[C@H]1O[C@H](CO)[C@@H](O[C@@H]2O[C@H](CO[C@@H]3O[C@H](CO)[C@H](O)[C@H](O)[C@H]3NC(C)=O)[C@H](O)[C@H](O)[C@H]2O)[C@H](O)[C@H]1NC(C)=O. The second-order valence-electron chi connectivity index (χ2n) is 10.4. The van der Waals surface area contributed by atoms with Crippen molar-refractivity contribution in [3.63, 3.8) is 0 Å². The van der Waals surface area contributed by atoms with Gasteiger partial charge in [0.2, 0.25) is 11.8 Å². The molecule has 0 radical (unpaired) electrons. The Labute approximate surface area is 246 Å². The Balaban J connectivity index is 1.76. The zero-order chi connectivity index (χ0) is 32.0. The highest BCUT2D eigenvalue weighted by Gasteiger charge is 2.52. The number of nitrogens with one attached hydrogen (secondary N) is 2. The smallest absolute Gasteiger partial charge is 0.217 e. The molecule has 3 aliphatic heterocycles. The summed E-state index contributed by atoms with van der Waals surface area (Å²) in [5.41, 5.74) is 0. The van der Waals surface area contributed by atoms with Crippen LogP contribution in [0.2, 0.25) is 0 Å². The highest BCUT2D eigenvalue weighted by molar-refractivity contribution is 5.73. The molecule has 3 saturated heterocycles. The summed E-state index contributed by atoms with van der Waals surface area (Å²) in [5.74, 6) is -1.15. The van der Waals surface area contributed by atoms with E-state index in [-0.39, 0.29) is 6.61 Å². The van der Waals surface area contributed by atoms with Crippen LogP contribution in [0.1, 0.15) is 13.8 Å². The molecule has 0 aromatic rings. The number of carbonyl (C=O) groups is 2. The Hall–Kier alpha value is -1.88. The fraction of sp³-hybridized carbons (Fsp3) is 0.840. The van der Waals surface area contributed by atoms with Gasteiger partial charge in [-0.1, -0.05) is 6.08 Å². The lowest BCUT2D eigenvalue weighted by Crippen LogP contribution is -2.68. The van der Waals surface area contributed by atoms with Crippen molar-refractivity contribution in [1.29, 1.82) is 0 Å². The van der Waals surface area contributed by atoms with Crippen LogP contribution >= 0.6 is 0 Å². The molecule has 248 valence electrons. The maximum Gasteiger partial charge on any atom is 0.217 e. The predicted octanol–water partition coefficient (Wildman–Crippen LogP) is -6.08. The van der Waals surface area contributed by atoms with Crippen molar-refractivity contribution >= 4 is 11.8 Å². The molecule has 0 aromatic carbocycles. The summed E-state index contributed by atoms with van der Waals surface area (Å²) >= 11 is 0. The molecule has 0 aliphatic carbocycles.